The van der Waals surface area contributed by atoms with Crippen molar-refractivity contribution in [2.45, 2.75) is 13.3 Å². The summed E-state index contributed by atoms with van der Waals surface area (Å²) in [6, 6.07) is 9.68. The zero-order valence-electron chi connectivity index (χ0n) is 13.9. The van der Waals surface area contributed by atoms with Gasteiger partial charge in [0, 0.05) is 17.7 Å². The van der Waals surface area contributed by atoms with Crippen LogP contribution in [-0.2, 0) is 11.2 Å². The topological polar surface area (TPSA) is 88.0 Å². The average Bonchev–Trinajstić information content (AvgIpc) is 2.57. The number of methoxy groups -OCH3 is 2. The van der Waals surface area contributed by atoms with E-state index in [1.54, 1.807) is 38.3 Å². The molecule has 3 N–H and O–H groups in total. The molecule has 0 aromatic heterocycles. The summed E-state index contributed by atoms with van der Waals surface area (Å²) in [6.45, 7) is 1.79. The van der Waals surface area contributed by atoms with Gasteiger partial charge < -0.3 is 25.0 Å². The van der Waals surface area contributed by atoms with Crippen LogP contribution in [0, 0.1) is 5.92 Å². The maximum Gasteiger partial charge on any atom is 0.227 e. The average molecular weight is 331 g/mol. The molecule has 0 fully saturated rings. The van der Waals surface area contributed by atoms with Crippen molar-refractivity contribution in [1.82, 2.24) is 0 Å². The lowest BCUT2D eigenvalue weighted by molar-refractivity contribution is -0.119. The van der Waals surface area contributed by atoms with Gasteiger partial charge in [0.05, 0.1) is 14.2 Å². The molecular formula is C18H21NO5. The van der Waals surface area contributed by atoms with Gasteiger partial charge >= 0.3 is 0 Å². The SMILES string of the molecule is COc1ccc(NC(=O)C(C)Cc2ccc(O)c(O)c2)cc1OC. The lowest BCUT2D eigenvalue weighted by Crippen LogP contribution is -2.22. The Hall–Kier alpha value is -2.89. The summed E-state index contributed by atoms with van der Waals surface area (Å²) in [7, 11) is 3.08. The number of carbonyl (C=O) groups is 1. The van der Waals surface area contributed by atoms with E-state index in [2.05, 4.69) is 5.32 Å². The number of carbonyl (C=O) groups excluding carboxylic acids is 1. The maximum atomic E-state index is 12.3. The number of ether oxygens (including phenoxy) is 2. The Kier molecular flexibility index (Phi) is 5.52. The van der Waals surface area contributed by atoms with E-state index < -0.39 is 0 Å². The molecule has 0 heterocycles. The molecule has 1 amide bonds. The Bertz CT molecular complexity index is 729. The van der Waals surface area contributed by atoms with E-state index in [-0.39, 0.29) is 23.3 Å². The van der Waals surface area contributed by atoms with Crippen molar-refractivity contribution in [2.24, 2.45) is 5.92 Å². The van der Waals surface area contributed by atoms with Gasteiger partial charge in [0.15, 0.2) is 23.0 Å². The van der Waals surface area contributed by atoms with Gasteiger partial charge in [-0.25, -0.2) is 0 Å². The molecule has 6 nitrogen and oxygen atoms in total. The fourth-order valence-corrected chi connectivity index (χ4v) is 2.32. The second-order valence-electron chi connectivity index (χ2n) is 5.49. The summed E-state index contributed by atoms with van der Waals surface area (Å²) >= 11 is 0. The van der Waals surface area contributed by atoms with Crippen LogP contribution in [0.2, 0.25) is 0 Å². The van der Waals surface area contributed by atoms with Gasteiger partial charge in [-0.1, -0.05) is 13.0 Å². The maximum absolute atomic E-state index is 12.3. The number of hydrogen-bond acceptors (Lipinski definition) is 5. The number of hydrogen-bond donors (Lipinski definition) is 3. The Morgan fingerprint density at radius 2 is 1.75 bits per heavy atom. The highest BCUT2D eigenvalue weighted by Crippen LogP contribution is 2.30. The van der Waals surface area contributed by atoms with Crippen molar-refractivity contribution in [2.75, 3.05) is 19.5 Å². The van der Waals surface area contributed by atoms with E-state index in [9.17, 15) is 15.0 Å². The molecule has 6 heteroatoms. The molecule has 1 unspecified atom stereocenters. The van der Waals surface area contributed by atoms with Crippen LogP contribution in [0.5, 0.6) is 23.0 Å². The van der Waals surface area contributed by atoms with Gasteiger partial charge in [-0.05, 0) is 36.2 Å². The smallest absolute Gasteiger partial charge is 0.227 e. The lowest BCUT2D eigenvalue weighted by atomic mass is 10.00. The minimum absolute atomic E-state index is 0.158. The summed E-state index contributed by atoms with van der Waals surface area (Å²) in [5.41, 5.74) is 1.37. The second kappa shape index (κ2) is 7.59. The van der Waals surface area contributed by atoms with Crippen molar-refractivity contribution in [3.05, 3.63) is 42.0 Å². The van der Waals surface area contributed by atoms with Crippen LogP contribution < -0.4 is 14.8 Å². The number of phenols is 2. The number of amides is 1. The zero-order chi connectivity index (χ0) is 17.7. The number of benzene rings is 2. The van der Waals surface area contributed by atoms with Crippen LogP contribution in [0.1, 0.15) is 12.5 Å². The van der Waals surface area contributed by atoms with Crippen molar-refractivity contribution >= 4 is 11.6 Å². The van der Waals surface area contributed by atoms with Gasteiger partial charge in [-0.3, -0.25) is 4.79 Å². The van der Waals surface area contributed by atoms with Crippen LogP contribution in [0.3, 0.4) is 0 Å². The van der Waals surface area contributed by atoms with Crippen LogP contribution >= 0.6 is 0 Å². The molecule has 1 atom stereocenters. The molecular weight excluding hydrogens is 310 g/mol. The largest absolute Gasteiger partial charge is 0.504 e. The lowest BCUT2D eigenvalue weighted by Gasteiger charge is -2.14. The summed E-state index contributed by atoms with van der Waals surface area (Å²) in [5, 5.41) is 21.7. The monoisotopic (exact) mass is 331 g/mol. The zero-order valence-corrected chi connectivity index (χ0v) is 13.9. The predicted molar refractivity (Wildman–Crippen MR) is 90.8 cm³/mol. The Balaban J connectivity index is 2.04. The molecule has 2 aromatic rings. The number of anilines is 1. The van der Waals surface area contributed by atoms with Crippen molar-refractivity contribution in [3.8, 4) is 23.0 Å². The van der Waals surface area contributed by atoms with E-state index in [1.807, 2.05) is 0 Å². The van der Waals surface area contributed by atoms with E-state index in [4.69, 9.17) is 9.47 Å². The summed E-state index contributed by atoms with van der Waals surface area (Å²) in [4.78, 5) is 12.3. The number of phenolic OH excluding ortho intramolecular Hbond substituents is 2. The van der Waals surface area contributed by atoms with E-state index >= 15 is 0 Å². The molecule has 0 saturated carbocycles. The molecule has 24 heavy (non-hydrogen) atoms. The van der Waals surface area contributed by atoms with Gasteiger partial charge in [-0.2, -0.15) is 0 Å². The number of nitrogens with one attached hydrogen (secondary N) is 1. The van der Waals surface area contributed by atoms with Gasteiger partial charge in [0.2, 0.25) is 5.91 Å². The van der Waals surface area contributed by atoms with Crippen molar-refractivity contribution in [1.29, 1.82) is 0 Å². The van der Waals surface area contributed by atoms with E-state index in [1.165, 1.54) is 19.2 Å². The van der Waals surface area contributed by atoms with Crippen LogP contribution in [0.15, 0.2) is 36.4 Å². The van der Waals surface area contributed by atoms with Crippen molar-refractivity contribution in [3.63, 3.8) is 0 Å². The highest BCUT2D eigenvalue weighted by Gasteiger charge is 2.15. The highest BCUT2D eigenvalue weighted by molar-refractivity contribution is 5.92. The Labute approximate surface area is 140 Å². The third-order valence-electron chi connectivity index (χ3n) is 3.68. The molecule has 128 valence electrons. The Morgan fingerprint density at radius 3 is 2.38 bits per heavy atom. The molecule has 0 saturated heterocycles. The first-order valence-corrected chi connectivity index (χ1v) is 7.48. The highest BCUT2D eigenvalue weighted by atomic mass is 16.5. The normalized spacial score (nSPS) is 11.6. The molecule has 2 rings (SSSR count). The van der Waals surface area contributed by atoms with Crippen molar-refractivity contribution < 1.29 is 24.5 Å². The molecule has 0 aliphatic carbocycles. The second-order valence-corrected chi connectivity index (χ2v) is 5.49. The quantitative estimate of drug-likeness (QED) is 0.708. The Morgan fingerprint density at radius 1 is 1.04 bits per heavy atom. The third-order valence-corrected chi connectivity index (χ3v) is 3.68. The van der Waals surface area contributed by atoms with Gasteiger partial charge in [0.25, 0.3) is 0 Å². The summed E-state index contributed by atoms with van der Waals surface area (Å²) in [5.74, 6) is 0.271. The molecule has 0 bridgehead atoms. The first-order chi connectivity index (χ1) is 11.4. The molecule has 2 aromatic carbocycles. The van der Waals surface area contributed by atoms with Crippen LogP contribution in [0.25, 0.3) is 0 Å². The standard InChI is InChI=1S/C18H21NO5/c1-11(8-12-4-6-14(20)15(21)9-12)18(22)19-13-5-7-16(23-2)17(10-13)24-3/h4-7,9-11,20-21H,8H2,1-3H3,(H,19,22). The van der Waals surface area contributed by atoms with E-state index in [0.717, 1.165) is 5.56 Å². The molecule has 0 spiro atoms. The van der Waals surface area contributed by atoms with Crippen LogP contribution in [-0.4, -0.2) is 30.3 Å². The predicted octanol–water partition coefficient (Wildman–Crippen LogP) is 2.93. The fourth-order valence-electron chi connectivity index (χ4n) is 2.32. The molecule has 0 radical (unpaired) electrons. The molecule has 0 aliphatic rings. The molecule has 0 aliphatic heterocycles. The number of rotatable bonds is 6. The third kappa shape index (κ3) is 4.10. The van der Waals surface area contributed by atoms with Crippen LogP contribution in [0.4, 0.5) is 5.69 Å². The van der Waals surface area contributed by atoms with Gasteiger partial charge in [0.1, 0.15) is 0 Å². The minimum Gasteiger partial charge on any atom is -0.504 e. The van der Waals surface area contributed by atoms with Gasteiger partial charge in [-0.15, -0.1) is 0 Å². The number of aromatic hydroxyl groups is 2. The summed E-state index contributed by atoms with van der Waals surface area (Å²) < 4.78 is 10.4. The first-order valence-electron chi connectivity index (χ1n) is 7.48. The fraction of sp³-hybridized carbons (Fsp3) is 0.278. The first kappa shape index (κ1) is 17.5. The van der Waals surface area contributed by atoms with E-state index in [0.29, 0.717) is 23.6 Å². The minimum atomic E-state index is -0.318. The summed E-state index contributed by atoms with van der Waals surface area (Å²) in [6.07, 6.45) is 0.437.